The highest BCUT2D eigenvalue weighted by Crippen LogP contribution is 2.35. The number of amides is 1. The SMILES string of the molecule is CCCC#Cc1ccc(-c2c(CC)c(C3=NC(=O)C(C)(C)N3C)nn2-c2ccc(Cl)cc2Cl)cc1. The minimum absolute atomic E-state index is 0.187. The predicted molar refractivity (Wildman–Crippen MR) is 144 cm³/mol. The summed E-state index contributed by atoms with van der Waals surface area (Å²) in [6, 6.07) is 13.5. The van der Waals surface area contributed by atoms with Gasteiger partial charge < -0.3 is 4.90 Å². The van der Waals surface area contributed by atoms with Gasteiger partial charge in [0, 0.05) is 35.2 Å². The maximum absolute atomic E-state index is 12.6. The van der Waals surface area contributed by atoms with E-state index >= 15 is 0 Å². The topological polar surface area (TPSA) is 50.5 Å². The van der Waals surface area contributed by atoms with Gasteiger partial charge in [0.15, 0.2) is 5.84 Å². The number of likely N-dealkylation sites (N-methyl/N-ethyl adjacent to an activating group) is 1. The second kappa shape index (κ2) is 9.89. The summed E-state index contributed by atoms with van der Waals surface area (Å²) >= 11 is 12.8. The Bertz CT molecular complexity index is 1370. The molecule has 2 heterocycles. The van der Waals surface area contributed by atoms with Crippen LogP contribution in [0.2, 0.25) is 10.0 Å². The Kier molecular flexibility index (Phi) is 7.07. The number of aliphatic imine (C=N–C) groups is 1. The van der Waals surface area contributed by atoms with E-state index in [4.69, 9.17) is 28.3 Å². The molecule has 0 radical (unpaired) electrons. The lowest BCUT2D eigenvalue weighted by atomic mass is 10.0. The lowest BCUT2D eigenvalue weighted by Gasteiger charge is -2.27. The third kappa shape index (κ3) is 4.61. The van der Waals surface area contributed by atoms with E-state index in [2.05, 4.69) is 30.7 Å². The zero-order valence-corrected chi connectivity index (χ0v) is 22.1. The molecular formula is C28H28Cl2N4O. The molecule has 0 saturated carbocycles. The standard InChI is InChI=1S/C28H28Cl2N4O/c1-6-8-9-10-18-11-13-19(14-12-18)25-21(7-2)24(26-31-27(35)28(3,4)33(26)5)32-34(25)23-16-15-20(29)17-22(23)30/h11-17H,6-8H2,1-5H3. The molecule has 1 aliphatic rings. The molecule has 0 atom stereocenters. The average Bonchev–Trinajstić information content (AvgIpc) is 3.30. The molecule has 1 amide bonds. The largest absolute Gasteiger partial charge is 0.343 e. The van der Waals surface area contributed by atoms with Crippen LogP contribution in [0.5, 0.6) is 0 Å². The second-order valence-electron chi connectivity index (χ2n) is 9.02. The van der Waals surface area contributed by atoms with Crippen molar-refractivity contribution < 1.29 is 4.79 Å². The van der Waals surface area contributed by atoms with Gasteiger partial charge in [0.2, 0.25) is 0 Å². The number of benzene rings is 2. The van der Waals surface area contributed by atoms with Gasteiger partial charge in [-0.1, -0.05) is 61.0 Å². The lowest BCUT2D eigenvalue weighted by molar-refractivity contribution is -0.123. The number of rotatable bonds is 5. The van der Waals surface area contributed by atoms with E-state index in [1.54, 1.807) is 12.1 Å². The molecular weight excluding hydrogens is 479 g/mol. The molecule has 5 nitrogen and oxygen atoms in total. The third-order valence-corrected chi connectivity index (χ3v) is 6.88. The highest BCUT2D eigenvalue weighted by atomic mass is 35.5. The van der Waals surface area contributed by atoms with Crippen molar-refractivity contribution in [1.29, 1.82) is 0 Å². The first-order valence-electron chi connectivity index (χ1n) is 11.7. The molecule has 0 saturated heterocycles. The van der Waals surface area contributed by atoms with Gasteiger partial charge in [-0.05, 0) is 57.0 Å². The Labute approximate surface area is 216 Å². The molecule has 0 spiro atoms. The molecule has 0 aliphatic carbocycles. The molecule has 35 heavy (non-hydrogen) atoms. The number of hydrogen-bond acceptors (Lipinski definition) is 3. The van der Waals surface area contributed by atoms with Crippen molar-refractivity contribution in [1.82, 2.24) is 14.7 Å². The van der Waals surface area contributed by atoms with Gasteiger partial charge in [-0.2, -0.15) is 10.1 Å². The first-order chi connectivity index (χ1) is 16.7. The Morgan fingerprint density at radius 3 is 2.34 bits per heavy atom. The van der Waals surface area contributed by atoms with Crippen molar-refractivity contribution in [2.24, 2.45) is 4.99 Å². The summed E-state index contributed by atoms with van der Waals surface area (Å²) in [6.07, 6.45) is 2.60. The number of carbonyl (C=O) groups is 1. The average molecular weight is 507 g/mol. The number of amidine groups is 1. The van der Waals surface area contributed by atoms with Gasteiger partial charge in [0.1, 0.15) is 11.2 Å². The van der Waals surface area contributed by atoms with Crippen molar-refractivity contribution in [3.8, 4) is 28.8 Å². The molecule has 0 bridgehead atoms. The first-order valence-corrected chi connectivity index (χ1v) is 12.5. The van der Waals surface area contributed by atoms with Gasteiger partial charge in [-0.25, -0.2) is 4.68 Å². The van der Waals surface area contributed by atoms with Crippen LogP contribution in [-0.2, 0) is 11.2 Å². The summed E-state index contributed by atoms with van der Waals surface area (Å²) < 4.78 is 1.83. The quantitative estimate of drug-likeness (QED) is 0.368. The maximum Gasteiger partial charge on any atom is 0.273 e. The summed E-state index contributed by atoms with van der Waals surface area (Å²) in [4.78, 5) is 18.9. The number of carbonyl (C=O) groups excluding carboxylic acids is 1. The van der Waals surface area contributed by atoms with Crippen LogP contribution in [0.4, 0.5) is 0 Å². The van der Waals surface area contributed by atoms with Crippen LogP contribution in [0.15, 0.2) is 47.5 Å². The second-order valence-corrected chi connectivity index (χ2v) is 9.87. The zero-order chi connectivity index (χ0) is 25.3. The molecule has 1 aromatic heterocycles. The van der Waals surface area contributed by atoms with Crippen LogP contribution >= 0.6 is 23.2 Å². The van der Waals surface area contributed by atoms with Crippen molar-refractivity contribution >= 4 is 34.9 Å². The minimum Gasteiger partial charge on any atom is -0.343 e. The van der Waals surface area contributed by atoms with E-state index in [1.165, 1.54) is 0 Å². The molecule has 0 unspecified atom stereocenters. The number of unbranched alkanes of at least 4 members (excludes halogenated alkanes) is 1. The van der Waals surface area contributed by atoms with Gasteiger partial charge in [-0.3, -0.25) is 4.79 Å². The summed E-state index contributed by atoms with van der Waals surface area (Å²) in [5.74, 6) is 6.77. The summed E-state index contributed by atoms with van der Waals surface area (Å²) in [5.41, 5.74) is 4.45. The van der Waals surface area contributed by atoms with Crippen LogP contribution in [0, 0.1) is 11.8 Å². The number of halogens is 2. The van der Waals surface area contributed by atoms with Gasteiger partial charge >= 0.3 is 0 Å². The van der Waals surface area contributed by atoms with Gasteiger partial charge in [-0.15, -0.1) is 0 Å². The minimum atomic E-state index is -0.735. The Morgan fingerprint density at radius 1 is 1.06 bits per heavy atom. The molecule has 2 aromatic carbocycles. The van der Waals surface area contributed by atoms with Crippen LogP contribution in [0.3, 0.4) is 0 Å². The molecule has 1 aliphatic heterocycles. The highest BCUT2D eigenvalue weighted by molar-refractivity contribution is 6.35. The maximum atomic E-state index is 12.6. The highest BCUT2D eigenvalue weighted by Gasteiger charge is 2.42. The fourth-order valence-electron chi connectivity index (χ4n) is 4.02. The Balaban J connectivity index is 1.93. The molecule has 180 valence electrons. The zero-order valence-electron chi connectivity index (χ0n) is 20.6. The third-order valence-electron chi connectivity index (χ3n) is 6.34. The van der Waals surface area contributed by atoms with E-state index in [-0.39, 0.29) is 5.91 Å². The lowest BCUT2D eigenvalue weighted by Crippen LogP contribution is -2.44. The van der Waals surface area contributed by atoms with E-state index in [0.717, 1.165) is 35.2 Å². The fourth-order valence-corrected chi connectivity index (χ4v) is 4.51. The fraction of sp³-hybridized carbons (Fsp3) is 0.321. The summed E-state index contributed by atoms with van der Waals surface area (Å²) in [6.45, 7) is 7.92. The number of hydrogen-bond donors (Lipinski definition) is 0. The van der Waals surface area contributed by atoms with Crippen LogP contribution in [0.1, 0.15) is 57.4 Å². The summed E-state index contributed by atoms with van der Waals surface area (Å²) in [5, 5.41) is 6.00. The summed E-state index contributed by atoms with van der Waals surface area (Å²) in [7, 11) is 1.88. The van der Waals surface area contributed by atoms with Gasteiger partial charge in [0.25, 0.3) is 5.91 Å². The first kappa shape index (κ1) is 25.0. The molecule has 0 fully saturated rings. The molecule has 3 aromatic rings. The van der Waals surface area contributed by atoms with Crippen molar-refractivity contribution in [2.75, 3.05) is 7.05 Å². The smallest absolute Gasteiger partial charge is 0.273 e. The van der Waals surface area contributed by atoms with Crippen LogP contribution in [0.25, 0.3) is 16.9 Å². The predicted octanol–water partition coefficient (Wildman–Crippen LogP) is 6.56. The number of aromatic nitrogens is 2. The van der Waals surface area contributed by atoms with Crippen LogP contribution < -0.4 is 0 Å². The van der Waals surface area contributed by atoms with Crippen molar-refractivity contribution in [3.05, 3.63) is 69.3 Å². The normalized spacial score (nSPS) is 14.7. The van der Waals surface area contributed by atoms with E-state index in [1.807, 2.05) is 60.8 Å². The molecule has 4 rings (SSSR count). The van der Waals surface area contributed by atoms with Crippen LogP contribution in [-0.4, -0.2) is 39.0 Å². The van der Waals surface area contributed by atoms with Gasteiger partial charge in [0.05, 0.1) is 16.4 Å². The number of nitrogens with zero attached hydrogens (tertiary/aromatic N) is 4. The van der Waals surface area contributed by atoms with E-state index < -0.39 is 5.54 Å². The van der Waals surface area contributed by atoms with E-state index in [0.29, 0.717) is 33.7 Å². The molecule has 0 N–H and O–H groups in total. The monoisotopic (exact) mass is 506 g/mol. The van der Waals surface area contributed by atoms with Crippen molar-refractivity contribution in [2.45, 2.75) is 52.5 Å². The van der Waals surface area contributed by atoms with Crippen molar-refractivity contribution in [3.63, 3.8) is 0 Å². The Morgan fingerprint density at radius 2 is 1.77 bits per heavy atom. The molecule has 7 heteroatoms. The Hall–Kier alpha value is -3.07. The van der Waals surface area contributed by atoms with E-state index in [9.17, 15) is 4.79 Å².